The van der Waals surface area contributed by atoms with Gasteiger partial charge in [-0.3, -0.25) is 39.4 Å². The Hall–Kier alpha value is -2.54. The number of aliphatic hydroxyl groups excluding tert-OH is 2. The quantitative estimate of drug-likeness (QED) is 0.0640. The van der Waals surface area contributed by atoms with Gasteiger partial charge in [-0.2, -0.15) is 0 Å². The maximum Gasteiger partial charge on any atom is 0.222 e. The summed E-state index contributed by atoms with van der Waals surface area (Å²) in [7, 11) is 0. The van der Waals surface area contributed by atoms with Crippen LogP contribution in [0.25, 0.3) is 0 Å². The highest BCUT2D eigenvalue weighted by molar-refractivity contribution is 6.12. The molecule has 42 heavy (non-hydrogen) atoms. The smallest absolute Gasteiger partial charge is 0.222 e. The Morgan fingerprint density at radius 2 is 1.29 bits per heavy atom. The van der Waals surface area contributed by atoms with Gasteiger partial charge in [0, 0.05) is 50.7 Å². The normalized spacial score (nSPS) is 24.6. The van der Waals surface area contributed by atoms with Crippen LogP contribution in [0, 0.1) is 41.4 Å². The second-order valence-corrected chi connectivity index (χ2v) is 12.3. The lowest BCUT2D eigenvalue weighted by molar-refractivity contribution is -0.133. The Morgan fingerprint density at radius 3 is 1.71 bits per heavy atom. The summed E-state index contributed by atoms with van der Waals surface area (Å²) in [6.07, 6.45) is 3.01. The average molecular weight is 595 g/mol. The fourth-order valence-electron chi connectivity index (χ4n) is 6.01. The number of Topliss-reactive ketones (excluding diaryl/α,β-unsaturated/α-hetero) is 4. The lowest BCUT2D eigenvalue weighted by atomic mass is 9.86. The van der Waals surface area contributed by atoms with E-state index in [9.17, 15) is 39.0 Å². The Balaban J connectivity index is 1.67. The molecule has 6 N–H and O–H groups in total. The molecule has 2 fully saturated rings. The summed E-state index contributed by atoms with van der Waals surface area (Å²) < 4.78 is 0. The standard InChI is InChI=1S/C30H50N4O8/c1-18(13-31-16-33-27(39)11-23-25(37)8-19(2)29(23)41)7-22(15-36)10-21(5-4-6-35)14-32-17-34-28(40)12-24-26(38)9-20(3)30(24)42/h18-24,31-32,35-36H,4-17H2,1-3H3,(H,33,39)(H,34,40). The van der Waals surface area contributed by atoms with Gasteiger partial charge in [-0.15, -0.1) is 0 Å². The van der Waals surface area contributed by atoms with Crippen LogP contribution in [0.15, 0.2) is 0 Å². The number of hydrogen-bond donors (Lipinski definition) is 6. The molecule has 7 atom stereocenters. The van der Waals surface area contributed by atoms with Crippen molar-refractivity contribution < 1.29 is 39.0 Å². The van der Waals surface area contributed by atoms with E-state index in [-0.39, 0.29) is 117 Å². The first-order chi connectivity index (χ1) is 20.0. The largest absolute Gasteiger partial charge is 0.396 e. The zero-order valence-corrected chi connectivity index (χ0v) is 25.3. The van der Waals surface area contributed by atoms with Gasteiger partial charge in [0.25, 0.3) is 0 Å². The number of aliphatic hydroxyl groups is 2. The molecular formula is C30H50N4O8. The van der Waals surface area contributed by atoms with E-state index >= 15 is 0 Å². The fraction of sp³-hybridized carbons (Fsp3) is 0.800. The summed E-state index contributed by atoms with van der Waals surface area (Å²) in [6, 6.07) is 0. The van der Waals surface area contributed by atoms with Crippen LogP contribution in [-0.4, -0.2) is 84.8 Å². The molecule has 0 aromatic carbocycles. The SMILES string of the molecule is CC(CNCNC(=O)CC1C(=O)CC(C)C1=O)CC(CO)CC(CCCO)CNCNC(=O)CC1C(=O)CC(C)C1=O. The third-order valence-electron chi connectivity index (χ3n) is 8.41. The van der Waals surface area contributed by atoms with E-state index in [1.165, 1.54) is 0 Å². The average Bonchev–Trinajstić information content (AvgIpc) is 3.33. The van der Waals surface area contributed by atoms with Gasteiger partial charge in [0.1, 0.15) is 23.1 Å². The molecule has 12 nitrogen and oxygen atoms in total. The van der Waals surface area contributed by atoms with Crippen molar-refractivity contribution in [1.29, 1.82) is 0 Å². The number of carbonyl (C=O) groups excluding carboxylic acids is 6. The molecule has 2 aliphatic rings. The Bertz CT molecular complexity index is 958. The Morgan fingerprint density at radius 1 is 0.786 bits per heavy atom. The van der Waals surface area contributed by atoms with Crippen LogP contribution in [-0.2, 0) is 28.8 Å². The molecule has 0 aromatic rings. The predicted molar refractivity (Wildman–Crippen MR) is 155 cm³/mol. The van der Waals surface area contributed by atoms with Gasteiger partial charge in [-0.25, -0.2) is 0 Å². The fourth-order valence-corrected chi connectivity index (χ4v) is 6.01. The lowest BCUT2D eigenvalue weighted by Crippen LogP contribution is -2.38. The molecule has 2 amide bonds. The van der Waals surface area contributed by atoms with E-state index in [0.29, 0.717) is 19.5 Å². The highest BCUT2D eigenvalue weighted by atomic mass is 16.3. The predicted octanol–water partition coefficient (Wildman–Crippen LogP) is 0.0951. The minimum absolute atomic E-state index is 0.0111. The third kappa shape index (κ3) is 11.6. The summed E-state index contributed by atoms with van der Waals surface area (Å²) in [5.74, 6) is -3.27. The van der Waals surface area contributed by atoms with Crippen LogP contribution >= 0.6 is 0 Å². The van der Waals surface area contributed by atoms with E-state index in [0.717, 1.165) is 19.3 Å². The van der Waals surface area contributed by atoms with E-state index in [4.69, 9.17) is 0 Å². The maximum atomic E-state index is 12.2. The number of carbonyl (C=O) groups is 6. The molecule has 0 aromatic heterocycles. The summed E-state index contributed by atoms with van der Waals surface area (Å²) >= 11 is 0. The Labute approximate surface area is 248 Å². The molecule has 0 heterocycles. The first-order valence-electron chi connectivity index (χ1n) is 15.3. The van der Waals surface area contributed by atoms with Gasteiger partial charge in [0.05, 0.1) is 25.2 Å². The van der Waals surface area contributed by atoms with Gasteiger partial charge in [0.2, 0.25) is 11.8 Å². The second kappa shape index (κ2) is 18.2. The number of ketones is 4. The van der Waals surface area contributed by atoms with Gasteiger partial charge in [-0.05, 0) is 56.5 Å². The molecular weight excluding hydrogens is 544 g/mol. The first-order valence-corrected chi connectivity index (χ1v) is 15.3. The Kier molecular flexibility index (Phi) is 15.4. The van der Waals surface area contributed by atoms with Crippen molar-refractivity contribution in [1.82, 2.24) is 21.3 Å². The molecule has 0 aliphatic heterocycles. The van der Waals surface area contributed by atoms with Crippen molar-refractivity contribution in [2.75, 3.05) is 39.6 Å². The molecule has 2 saturated carbocycles. The van der Waals surface area contributed by atoms with Crippen LogP contribution in [0.4, 0.5) is 0 Å². The molecule has 2 rings (SSSR count). The van der Waals surface area contributed by atoms with Crippen molar-refractivity contribution >= 4 is 34.9 Å². The maximum absolute atomic E-state index is 12.2. The van der Waals surface area contributed by atoms with Crippen LogP contribution in [0.2, 0.25) is 0 Å². The van der Waals surface area contributed by atoms with E-state index < -0.39 is 11.8 Å². The topological polar surface area (TPSA) is 191 Å². The third-order valence-corrected chi connectivity index (χ3v) is 8.41. The monoisotopic (exact) mass is 594 g/mol. The van der Waals surface area contributed by atoms with E-state index in [1.54, 1.807) is 13.8 Å². The van der Waals surface area contributed by atoms with Gasteiger partial charge in [-0.1, -0.05) is 20.8 Å². The van der Waals surface area contributed by atoms with Crippen molar-refractivity contribution in [3.63, 3.8) is 0 Å². The number of rotatable bonds is 20. The number of hydrogen-bond acceptors (Lipinski definition) is 10. The van der Waals surface area contributed by atoms with Crippen LogP contribution in [0.3, 0.4) is 0 Å². The highest BCUT2D eigenvalue weighted by Gasteiger charge is 2.40. The van der Waals surface area contributed by atoms with Gasteiger partial charge in [0.15, 0.2) is 0 Å². The van der Waals surface area contributed by atoms with Crippen molar-refractivity contribution in [2.24, 2.45) is 41.4 Å². The van der Waals surface area contributed by atoms with Crippen molar-refractivity contribution in [3.05, 3.63) is 0 Å². The zero-order valence-electron chi connectivity index (χ0n) is 25.3. The molecule has 0 radical (unpaired) electrons. The number of amides is 2. The number of nitrogens with one attached hydrogen (secondary N) is 4. The van der Waals surface area contributed by atoms with Crippen LogP contribution < -0.4 is 21.3 Å². The molecule has 0 bridgehead atoms. The molecule has 238 valence electrons. The van der Waals surface area contributed by atoms with Crippen molar-refractivity contribution in [2.45, 2.75) is 72.1 Å². The molecule has 0 spiro atoms. The first kappa shape index (κ1) is 35.7. The van der Waals surface area contributed by atoms with Crippen molar-refractivity contribution in [3.8, 4) is 0 Å². The second-order valence-electron chi connectivity index (χ2n) is 12.3. The minimum Gasteiger partial charge on any atom is -0.396 e. The van der Waals surface area contributed by atoms with Crippen LogP contribution in [0.1, 0.15) is 72.1 Å². The van der Waals surface area contributed by atoms with Gasteiger partial charge < -0.3 is 20.8 Å². The lowest BCUT2D eigenvalue weighted by Gasteiger charge is -2.25. The van der Waals surface area contributed by atoms with Crippen LogP contribution in [0.5, 0.6) is 0 Å². The summed E-state index contributed by atoms with van der Waals surface area (Å²) in [5.41, 5.74) is 0. The highest BCUT2D eigenvalue weighted by Crippen LogP contribution is 2.27. The van der Waals surface area contributed by atoms with E-state index in [1.807, 2.05) is 6.92 Å². The molecule has 12 heteroatoms. The minimum atomic E-state index is -0.840. The summed E-state index contributed by atoms with van der Waals surface area (Å²) in [6.45, 7) is 7.11. The zero-order chi connectivity index (χ0) is 31.2. The van der Waals surface area contributed by atoms with E-state index in [2.05, 4.69) is 21.3 Å². The molecule has 7 unspecified atom stereocenters. The summed E-state index contributed by atoms with van der Waals surface area (Å²) in [5, 5.41) is 31.1. The van der Waals surface area contributed by atoms with Gasteiger partial charge >= 0.3 is 0 Å². The molecule has 0 saturated heterocycles. The summed E-state index contributed by atoms with van der Waals surface area (Å²) in [4.78, 5) is 72.4. The molecule has 2 aliphatic carbocycles.